The van der Waals surface area contributed by atoms with Crippen LogP contribution >= 0.6 is 0 Å². The first kappa shape index (κ1) is 13.9. The number of carbonyl (C=O) groups is 2. The van der Waals surface area contributed by atoms with E-state index in [1.807, 2.05) is 31.6 Å². The van der Waals surface area contributed by atoms with E-state index >= 15 is 0 Å². The van der Waals surface area contributed by atoms with Gasteiger partial charge in [0.05, 0.1) is 0 Å². The molecule has 0 radical (unpaired) electrons. The van der Waals surface area contributed by atoms with Crippen molar-refractivity contribution in [1.29, 1.82) is 0 Å². The molecular formula is C14H21N5O2. The number of anilines is 1. The van der Waals surface area contributed by atoms with Gasteiger partial charge in [0.1, 0.15) is 6.04 Å². The molecule has 2 atom stereocenters. The molecule has 2 aliphatic heterocycles. The molecule has 1 aromatic rings. The van der Waals surface area contributed by atoms with E-state index in [9.17, 15) is 9.59 Å². The van der Waals surface area contributed by atoms with Crippen LogP contribution in [0.5, 0.6) is 0 Å². The second kappa shape index (κ2) is 5.05. The zero-order valence-electron chi connectivity index (χ0n) is 12.6. The van der Waals surface area contributed by atoms with Gasteiger partial charge >= 0.3 is 6.03 Å². The second-order valence-corrected chi connectivity index (χ2v) is 6.10. The smallest absolute Gasteiger partial charge is 0.323 e. The van der Waals surface area contributed by atoms with Crippen LogP contribution in [0.15, 0.2) is 6.20 Å². The standard InChI is InChI=1S/C14H21N5O2/c1-8(2)19-7-9(3)12(17-19)16-14(21)18-5-4-10-6-11(18)13(20)15-10/h7-8,10-11H,4-6H2,1-3H3,(H,15,20)(H,16,17,21). The molecule has 2 bridgehead atoms. The topological polar surface area (TPSA) is 79.3 Å². The van der Waals surface area contributed by atoms with Crippen LogP contribution in [0.3, 0.4) is 0 Å². The molecule has 0 spiro atoms. The molecule has 0 aliphatic carbocycles. The van der Waals surface area contributed by atoms with Crippen LogP contribution in [0.4, 0.5) is 10.6 Å². The maximum Gasteiger partial charge on any atom is 0.323 e. The third-order valence-electron chi connectivity index (χ3n) is 4.18. The minimum atomic E-state index is -0.337. The summed E-state index contributed by atoms with van der Waals surface area (Å²) in [4.78, 5) is 25.9. The zero-order chi connectivity index (χ0) is 15.1. The van der Waals surface area contributed by atoms with Crippen molar-refractivity contribution in [2.24, 2.45) is 0 Å². The van der Waals surface area contributed by atoms with E-state index in [2.05, 4.69) is 15.7 Å². The summed E-state index contributed by atoms with van der Waals surface area (Å²) in [5, 5.41) is 10.1. The average Bonchev–Trinajstić information content (AvgIpc) is 2.92. The normalized spacial score (nSPS) is 24.4. The summed E-state index contributed by atoms with van der Waals surface area (Å²) in [5.41, 5.74) is 0.919. The number of amides is 3. The first-order chi connectivity index (χ1) is 9.95. The summed E-state index contributed by atoms with van der Waals surface area (Å²) in [6.45, 7) is 6.58. The number of fused-ring (bicyclic) bond motifs is 2. The van der Waals surface area contributed by atoms with Crippen molar-refractivity contribution in [3.8, 4) is 0 Å². The average molecular weight is 291 g/mol. The Morgan fingerprint density at radius 1 is 1.52 bits per heavy atom. The third kappa shape index (κ3) is 2.48. The van der Waals surface area contributed by atoms with Gasteiger partial charge in [0.2, 0.25) is 5.91 Å². The Bertz CT molecular complexity index is 580. The van der Waals surface area contributed by atoms with Gasteiger partial charge in [-0.2, -0.15) is 5.10 Å². The van der Waals surface area contributed by atoms with Crippen LogP contribution in [0.2, 0.25) is 0 Å². The molecule has 21 heavy (non-hydrogen) atoms. The maximum absolute atomic E-state index is 12.4. The molecule has 7 nitrogen and oxygen atoms in total. The van der Waals surface area contributed by atoms with Gasteiger partial charge in [-0.1, -0.05) is 0 Å². The highest BCUT2D eigenvalue weighted by Crippen LogP contribution is 2.25. The molecule has 1 aromatic heterocycles. The van der Waals surface area contributed by atoms with Crippen LogP contribution in [-0.4, -0.2) is 45.2 Å². The summed E-state index contributed by atoms with van der Waals surface area (Å²) in [6.07, 6.45) is 3.44. The number of urea groups is 1. The summed E-state index contributed by atoms with van der Waals surface area (Å²) in [6, 6.07) is -0.108. The quantitative estimate of drug-likeness (QED) is 0.861. The van der Waals surface area contributed by atoms with Crippen molar-refractivity contribution in [2.75, 3.05) is 11.9 Å². The molecule has 2 aliphatic rings. The Morgan fingerprint density at radius 3 is 2.95 bits per heavy atom. The number of piperidine rings is 1. The first-order valence-corrected chi connectivity index (χ1v) is 7.39. The largest absolute Gasteiger partial charge is 0.351 e. The van der Waals surface area contributed by atoms with Gasteiger partial charge in [0, 0.05) is 30.4 Å². The minimum Gasteiger partial charge on any atom is -0.351 e. The first-order valence-electron chi connectivity index (χ1n) is 7.39. The summed E-state index contributed by atoms with van der Waals surface area (Å²) >= 11 is 0. The fraction of sp³-hybridized carbons (Fsp3) is 0.643. The van der Waals surface area contributed by atoms with Crippen molar-refractivity contribution in [1.82, 2.24) is 20.0 Å². The highest BCUT2D eigenvalue weighted by molar-refractivity contribution is 5.95. The van der Waals surface area contributed by atoms with E-state index in [-0.39, 0.29) is 30.1 Å². The van der Waals surface area contributed by atoms with E-state index in [4.69, 9.17) is 0 Å². The lowest BCUT2D eigenvalue weighted by Gasteiger charge is -2.30. The number of hydrogen-bond donors (Lipinski definition) is 2. The summed E-state index contributed by atoms with van der Waals surface area (Å²) in [7, 11) is 0. The van der Waals surface area contributed by atoms with Crippen molar-refractivity contribution in [2.45, 2.75) is 51.7 Å². The number of carbonyl (C=O) groups excluding carboxylic acids is 2. The minimum absolute atomic E-state index is 0.0444. The molecule has 3 rings (SSSR count). The van der Waals surface area contributed by atoms with Gasteiger partial charge in [0.15, 0.2) is 5.82 Å². The van der Waals surface area contributed by atoms with E-state index in [1.54, 1.807) is 4.90 Å². The van der Waals surface area contributed by atoms with Crippen LogP contribution in [0.25, 0.3) is 0 Å². The fourth-order valence-corrected chi connectivity index (χ4v) is 2.93. The SMILES string of the molecule is Cc1cn(C(C)C)nc1NC(=O)N1CCC2CC1C(=O)N2. The van der Waals surface area contributed by atoms with Crippen molar-refractivity contribution < 1.29 is 9.59 Å². The summed E-state index contributed by atoms with van der Waals surface area (Å²) < 4.78 is 1.82. The Labute approximate surface area is 123 Å². The Morgan fingerprint density at radius 2 is 2.29 bits per heavy atom. The Hall–Kier alpha value is -2.05. The van der Waals surface area contributed by atoms with E-state index < -0.39 is 0 Å². The number of nitrogens with one attached hydrogen (secondary N) is 2. The second-order valence-electron chi connectivity index (χ2n) is 6.10. The molecule has 2 N–H and O–H groups in total. The van der Waals surface area contributed by atoms with E-state index in [0.717, 1.165) is 12.0 Å². The van der Waals surface area contributed by atoms with Crippen molar-refractivity contribution >= 4 is 17.8 Å². The maximum atomic E-state index is 12.4. The van der Waals surface area contributed by atoms with Gasteiger partial charge in [0.25, 0.3) is 0 Å². The van der Waals surface area contributed by atoms with Crippen molar-refractivity contribution in [3.63, 3.8) is 0 Å². The predicted octanol–water partition coefficient (Wildman–Crippen LogP) is 1.27. The van der Waals surface area contributed by atoms with Gasteiger partial charge in [-0.05, 0) is 33.6 Å². The monoisotopic (exact) mass is 291 g/mol. The van der Waals surface area contributed by atoms with Crippen LogP contribution < -0.4 is 10.6 Å². The molecule has 2 fully saturated rings. The molecule has 114 valence electrons. The summed E-state index contributed by atoms with van der Waals surface area (Å²) in [5.74, 6) is 0.520. The van der Waals surface area contributed by atoms with Gasteiger partial charge in [-0.25, -0.2) is 4.79 Å². The molecule has 2 unspecified atom stereocenters. The van der Waals surface area contributed by atoms with Crippen molar-refractivity contribution in [3.05, 3.63) is 11.8 Å². The molecule has 7 heteroatoms. The van der Waals surface area contributed by atoms with Crippen LogP contribution in [0, 0.1) is 6.92 Å². The van der Waals surface area contributed by atoms with Crippen LogP contribution in [-0.2, 0) is 4.79 Å². The molecule has 3 heterocycles. The van der Waals surface area contributed by atoms with E-state index in [1.165, 1.54) is 0 Å². The highest BCUT2D eigenvalue weighted by Gasteiger charge is 2.42. The predicted molar refractivity (Wildman–Crippen MR) is 78.0 cm³/mol. The number of likely N-dealkylation sites (tertiary alicyclic amines) is 1. The van der Waals surface area contributed by atoms with Gasteiger partial charge < -0.3 is 10.2 Å². The lowest BCUT2D eigenvalue weighted by atomic mass is 10.0. The number of hydrogen-bond acceptors (Lipinski definition) is 3. The lowest BCUT2D eigenvalue weighted by Crippen LogP contribution is -2.48. The number of nitrogens with zero attached hydrogens (tertiary/aromatic N) is 3. The lowest BCUT2D eigenvalue weighted by molar-refractivity contribution is -0.122. The zero-order valence-corrected chi connectivity index (χ0v) is 12.6. The van der Waals surface area contributed by atoms with Gasteiger partial charge in [-0.15, -0.1) is 0 Å². The molecule has 3 amide bonds. The Kier molecular flexibility index (Phi) is 3.35. The third-order valence-corrected chi connectivity index (χ3v) is 4.18. The molecular weight excluding hydrogens is 270 g/mol. The fourth-order valence-electron chi connectivity index (χ4n) is 2.93. The Balaban J connectivity index is 1.73. The number of rotatable bonds is 2. The van der Waals surface area contributed by atoms with Crippen LogP contribution in [0.1, 0.15) is 38.3 Å². The molecule has 0 aromatic carbocycles. The van der Waals surface area contributed by atoms with E-state index in [0.29, 0.717) is 18.8 Å². The van der Waals surface area contributed by atoms with Gasteiger partial charge in [-0.3, -0.25) is 14.8 Å². The highest BCUT2D eigenvalue weighted by atomic mass is 16.2. The molecule has 0 saturated carbocycles. The number of aryl methyl sites for hydroxylation is 1. The molecule has 2 saturated heterocycles. The number of aromatic nitrogens is 2.